The van der Waals surface area contributed by atoms with Gasteiger partial charge in [0.2, 0.25) is 5.91 Å². The second-order valence-electron chi connectivity index (χ2n) is 5.57. The Morgan fingerprint density at radius 1 is 1.16 bits per heavy atom. The fourth-order valence-corrected chi connectivity index (χ4v) is 2.86. The molecule has 19 heavy (non-hydrogen) atoms. The predicted molar refractivity (Wildman–Crippen MR) is 78.2 cm³/mol. The van der Waals surface area contributed by atoms with Gasteiger partial charge in [-0.25, -0.2) is 0 Å². The average molecular weight is 260 g/mol. The summed E-state index contributed by atoms with van der Waals surface area (Å²) in [7, 11) is 0. The molecule has 3 nitrogen and oxygen atoms in total. The second kappa shape index (κ2) is 6.20. The van der Waals surface area contributed by atoms with Crippen molar-refractivity contribution in [1.29, 1.82) is 0 Å². The van der Waals surface area contributed by atoms with Crippen molar-refractivity contribution in [3.8, 4) is 0 Å². The fourth-order valence-electron chi connectivity index (χ4n) is 2.86. The molecule has 0 unspecified atom stereocenters. The minimum atomic E-state index is 0.236. The van der Waals surface area contributed by atoms with E-state index in [4.69, 9.17) is 0 Å². The molecule has 1 amide bonds. The van der Waals surface area contributed by atoms with Crippen LogP contribution < -0.4 is 5.32 Å². The van der Waals surface area contributed by atoms with Gasteiger partial charge in [-0.15, -0.1) is 0 Å². The quantitative estimate of drug-likeness (QED) is 0.901. The molecule has 0 bridgehead atoms. The van der Waals surface area contributed by atoms with E-state index < -0.39 is 0 Å². The Kier molecular flexibility index (Phi) is 4.59. The number of carbonyl (C=O) groups is 1. The summed E-state index contributed by atoms with van der Waals surface area (Å²) in [6.07, 6.45) is 2.31. The molecule has 0 aromatic heterocycles. The third kappa shape index (κ3) is 3.57. The standard InChI is InChI=1S/C16H24N2O/c1-12-8-13(2)15(14(3)9-12)10-17-11-16(19)18-6-4-5-7-18/h8-9,17H,4-7,10-11H2,1-3H3. The smallest absolute Gasteiger partial charge is 0.236 e. The fraction of sp³-hybridized carbons (Fsp3) is 0.562. The molecule has 104 valence electrons. The number of carbonyl (C=O) groups excluding carboxylic acids is 1. The van der Waals surface area contributed by atoms with Crippen LogP contribution in [0.25, 0.3) is 0 Å². The molecule has 3 heteroatoms. The number of aryl methyl sites for hydroxylation is 3. The van der Waals surface area contributed by atoms with Crippen molar-refractivity contribution in [1.82, 2.24) is 10.2 Å². The SMILES string of the molecule is Cc1cc(C)c(CNCC(=O)N2CCCC2)c(C)c1. The van der Waals surface area contributed by atoms with Gasteiger partial charge in [0.25, 0.3) is 0 Å². The number of hydrogen-bond donors (Lipinski definition) is 1. The van der Waals surface area contributed by atoms with E-state index in [0.29, 0.717) is 6.54 Å². The zero-order valence-corrected chi connectivity index (χ0v) is 12.3. The topological polar surface area (TPSA) is 32.3 Å². The maximum absolute atomic E-state index is 11.9. The number of rotatable bonds is 4. The molecule has 0 spiro atoms. The van der Waals surface area contributed by atoms with Gasteiger partial charge in [0, 0.05) is 19.6 Å². The largest absolute Gasteiger partial charge is 0.342 e. The molecule has 1 fully saturated rings. The van der Waals surface area contributed by atoms with Gasteiger partial charge in [0.15, 0.2) is 0 Å². The van der Waals surface area contributed by atoms with E-state index in [1.807, 2.05) is 4.90 Å². The third-order valence-corrected chi connectivity index (χ3v) is 3.88. The normalized spacial score (nSPS) is 15.0. The summed E-state index contributed by atoms with van der Waals surface area (Å²) in [6.45, 7) is 9.49. The van der Waals surface area contributed by atoms with E-state index >= 15 is 0 Å². The molecule has 0 atom stereocenters. The van der Waals surface area contributed by atoms with E-state index in [1.54, 1.807) is 0 Å². The van der Waals surface area contributed by atoms with Gasteiger partial charge < -0.3 is 10.2 Å². The lowest BCUT2D eigenvalue weighted by molar-refractivity contribution is -0.129. The monoisotopic (exact) mass is 260 g/mol. The summed E-state index contributed by atoms with van der Waals surface area (Å²) < 4.78 is 0. The Morgan fingerprint density at radius 3 is 2.32 bits per heavy atom. The lowest BCUT2D eigenvalue weighted by atomic mass is 10.00. The molecular weight excluding hydrogens is 236 g/mol. The molecule has 1 aliphatic heterocycles. The first-order chi connectivity index (χ1) is 9.08. The van der Waals surface area contributed by atoms with Crippen LogP contribution in [0, 0.1) is 20.8 Å². The average Bonchev–Trinajstić information content (AvgIpc) is 2.85. The molecule has 1 aromatic carbocycles. The van der Waals surface area contributed by atoms with Crippen LogP contribution in [0.4, 0.5) is 0 Å². The Hall–Kier alpha value is -1.35. The van der Waals surface area contributed by atoms with Gasteiger partial charge in [-0.1, -0.05) is 17.7 Å². The van der Waals surface area contributed by atoms with E-state index in [0.717, 1.165) is 32.5 Å². The van der Waals surface area contributed by atoms with Crippen LogP contribution in [0.3, 0.4) is 0 Å². The van der Waals surface area contributed by atoms with Gasteiger partial charge >= 0.3 is 0 Å². The van der Waals surface area contributed by atoms with Gasteiger partial charge in [-0.3, -0.25) is 4.79 Å². The maximum atomic E-state index is 11.9. The number of nitrogens with zero attached hydrogens (tertiary/aromatic N) is 1. The number of hydrogen-bond acceptors (Lipinski definition) is 2. The first-order valence-corrected chi connectivity index (χ1v) is 7.13. The number of benzene rings is 1. The van der Waals surface area contributed by atoms with Crippen LogP contribution >= 0.6 is 0 Å². The lowest BCUT2D eigenvalue weighted by Crippen LogP contribution is -2.36. The molecule has 0 radical (unpaired) electrons. The Balaban J connectivity index is 1.87. The van der Waals surface area contributed by atoms with Crippen molar-refractivity contribution in [2.24, 2.45) is 0 Å². The molecule has 1 aromatic rings. The first kappa shape index (κ1) is 14.1. The minimum Gasteiger partial charge on any atom is -0.342 e. The van der Waals surface area contributed by atoms with E-state index in [9.17, 15) is 4.79 Å². The van der Waals surface area contributed by atoms with Crippen LogP contribution in [-0.4, -0.2) is 30.4 Å². The van der Waals surface area contributed by atoms with Crippen LogP contribution in [-0.2, 0) is 11.3 Å². The molecule has 2 rings (SSSR count). The molecular formula is C16H24N2O. The van der Waals surface area contributed by atoms with Crippen molar-refractivity contribution in [2.75, 3.05) is 19.6 Å². The molecule has 0 aliphatic carbocycles. The number of amides is 1. The van der Waals surface area contributed by atoms with Gasteiger partial charge in [0.1, 0.15) is 0 Å². The molecule has 1 heterocycles. The molecule has 0 saturated carbocycles. The van der Waals surface area contributed by atoms with Crippen molar-refractivity contribution in [3.05, 3.63) is 34.4 Å². The van der Waals surface area contributed by atoms with Crippen molar-refractivity contribution in [2.45, 2.75) is 40.2 Å². The zero-order valence-electron chi connectivity index (χ0n) is 12.3. The van der Waals surface area contributed by atoms with Crippen LogP contribution in [0.2, 0.25) is 0 Å². The number of nitrogens with one attached hydrogen (secondary N) is 1. The van der Waals surface area contributed by atoms with Gasteiger partial charge in [0.05, 0.1) is 6.54 Å². The van der Waals surface area contributed by atoms with Gasteiger partial charge in [-0.2, -0.15) is 0 Å². The maximum Gasteiger partial charge on any atom is 0.236 e. The van der Waals surface area contributed by atoms with E-state index in [2.05, 4.69) is 38.2 Å². The second-order valence-corrected chi connectivity index (χ2v) is 5.57. The highest BCUT2D eigenvalue weighted by Crippen LogP contribution is 2.16. The summed E-state index contributed by atoms with van der Waals surface area (Å²) in [4.78, 5) is 13.9. The van der Waals surface area contributed by atoms with Gasteiger partial charge in [-0.05, 0) is 50.3 Å². The van der Waals surface area contributed by atoms with Crippen molar-refractivity contribution in [3.63, 3.8) is 0 Å². The van der Waals surface area contributed by atoms with E-state index in [1.165, 1.54) is 22.3 Å². The summed E-state index contributed by atoms with van der Waals surface area (Å²) in [6, 6.07) is 4.40. The molecule has 1 N–H and O–H groups in total. The highest BCUT2D eigenvalue weighted by atomic mass is 16.2. The Morgan fingerprint density at radius 2 is 1.74 bits per heavy atom. The molecule has 1 aliphatic rings. The minimum absolute atomic E-state index is 0.236. The molecule has 1 saturated heterocycles. The Bertz CT molecular complexity index is 439. The highest BCUT2D eigenvalue weighted by molar-refractivity contribution is 5.78. The Labute approximate surface area is 116 Å². The summed E-state index contributed by atoms with van der Waals surface area (Å²) in [5, 5.41) is 3.29. The summed E-state index contributed by atoms with van der Waals surface area (Å²) >= 11 is 0. The third-order valence-electron chi connectivity index (χ3n) is 3.88. The first-order valence-electron chi connectivity index (χ1n) is 7.13. The van der Waals surface area contributed by atoms with Crippen LogP contribution in [0.15, 0.2) is 12.1 Å². The highest BCUT2D eigenvalue weighted by Gasteiger charge is 2.17. The van der Waals surface area contributed by atoms with Crippen molar-refractivity contribution < 1.29 is 4.79 Å². The summed E-state index contributed by atoms with van der Waals surface area (Å²) in [5.41, 5.74) is 5.23. The zero-order chi connectivity index (χ0) is 13.8. The number of likely N-dealkylation sites (tertiary alicyclic amines) is 1. The van der Waals surface area contributed by atoms with Crippen molar-refractivity contribution >= 4 is 5.91 Å². The summed E-state index contributed by atoms with van der Waals surface area (Å²) in [5.74, 6) is 0.236. The predicted octanol–water partition coefficient (Wildman–Crippen LogP) is 2.32. The van der Waals surface area contributed by atoms with Crippen LogP contribution in [0.1, 0.15) is 35.1 Å². The van der Waals surface area contributed by atoms with E-state index in [-0.39, 0.29) is 5.91 Å². The lowest BCUT2D eigenvalue weighted by Gasteiger charge is -2.16. The van der Waals surface area contributed by atoms with Crippen LogP contribution in [0.5, 0.6) is 0 Å².